The largest absolute Gasteiger partial charge is 0.311 e. The first kappa shape index (κ1) is 13.1. The van der Waals surface area contributed by atoms with E-state index in [2.05, 4.69) is 38.0 Å². The van der Waals surface area contributed by atoms with Crippen molar-refractivity contribution in [2.24, 2.45) is 0 Å². The lowest BCUT2D eigenvalue weighted by molar-refractivity contribution is 0.411. The highest BCUT2D eigenvalue weighted by atomic mass is 19.1. The van der Waals surface area contributed by atoms with E-state index in [0.29, 0.717) is 0 Å². The fraction of sp³-hybridized carbons (Fsp3) is 0.615. The standard InChI is InChI=1S/C13H21FN2/c1-9(7-16-13(3,4)5)12-6-11(14)8-15-10(12)2/h6,8-9,16H,7H2,1-5H3. The zero-order valence-electron chi connectivity index (χ0n) is 10.8. The summed E-state index contributed by atoms with van der Waals surface area (Å²) in [5.74, 6) is 0.00522. The summed E-state index contributed by atoms with van der Waals surface area (Å²) in [6, 6.07) is 1.58. The smallest absolute Gasteiger partial charge is 0.141 e. The van der Waals surface area contributed by atoms with Gasteiger partial charge in [0.2, 0.25) is 0 Å². The lowest BCUT2D eigenvalue weighted by Gasteiger charge is -2.24. The highest BCUT2D eigenvalue weighted by Crippen LogP contribution is 2.18. The quantitative estimate of drug-likeness (QED) is 0.853. The second-order valence-corrected chi connectivity index (χ2v) is 5.36. The first-order valence-electron chi connectivity index (χ1n) is 5.66. The van der Waals surface area contributed by atoms with E-state index in [1.165, 1.54) is 6.20 Å². The lowest BCUT2D eigenvalue weighted by atomic mass is 9.98. The number of rotatable bonds is 3. The Bertz CT molecular complexity index is 355. The first-order chi connectivity index (χ1) is 7.29. The van der Waals surface area contributed by atoms with Crippen LogP contribution in [-0.2, 0) is 0 Å². The Hall–Kier alpha value is -0.960. The van der Waals surface area contributed by atoms with Crippen LogP contribution in [0.4, 0.5) is 4.39 Å². The van der Waals surface area contributed by atoms with Crippen molar-refractivity contribution >= 4 is 0 Å². The summed E-state index contributed by atoms with van der Waals surface area (Å²) in [7, 11) is 0. The third-order valence-electron chi connectivity index (χ3n) is 2.56. The number of nitrogens with zero attached hydrogens (tertiary/aromatic N) is 1. The summed E-state index contributed by atoms with van der Waals surface area (Å²) < 4.78 is 13.1. The Labute approximate surface area is 97.3 Å². The topological polar surface area (TPSA) is 24.9 Å². The molecule has 0 bridgehead atoms. The van der Waals surface area contributed by atoms with Gasteiger partial charge in [-0.05, 0) is 45.2 Å². The fourth-order valence-corrected chi connectivity index (χ4v) is 1.59. The molecular formula is C13H21FN2. The van der Waals surface area contributed by atoms with Crippen LogP contribution in [0.3, 0.4) is 0 Å². The molecule has 1 N–H and O–H groups in total. The Balaban J connectivity index is 2.73. The van der Waals surface area contributed by atoms with Crippen LogP contribution < -0.4 is 5.32 Å². The van der Waals surface area contributed by atoms with E-state index < -0.39 is 0 Å². The van der Waals surface area contributed by atoms with Crippen LogP contribution in [0.15, 0.2) is 12.3 Å². The predicted molar refractivity (Wildman–Crippen MR) is 65.1 cm³/mol. The van der Waals surface area contributed by atoms with Crippen LogP contribution in [0.5, 0.6) is 0 Å². The molecule has 0 spiro atoms. The van der Waals surface area contributed by atoms with E-state index in [4.69, 9.17) is 0 Å². The van der Waals surface area contributed by atoms with Gasteiger partial charge in [-0.2, -0.15) is 0 Å². The zero-order valence-corrected chi connectivity index (χ0v) is 10.8. The van der Waals surface area contributed by atoms with Gasteiger partial charge >= 0.3 is 0 Å². The SMILES string of the molecule is Cc1ncc(F)cc1C(C)CNC(C)(C)C. The van der Waals surface area contributed by atoms with Crippen molar-refractivity contribution in [2.75, 3.05) is 6.54 Å². The molecule has 1 aromatic heterocycles. The van der Waals surface area contributed by atoms with Gasteiger partial charge in [-0.3, -0.25) is 4.98 Å². The normalized spacial score (nSPS) is 13.9. The van der Waals surface area contributed by atoms with E-state index in [1.54, 1.807) is 6.07 Å². The Morgan fingerprint density at radius 3 is 2.62 bits per heavy atom. The van der Waals surface area contributed by atoms with E-state index in [0.717, 1.165) is 17.8 Å². The molecule has 0 saturated heterocycles. The maximum Gasteiger partial charge on any atom is 0.141 e. The van der Waals surface area contributed by atoms with Gasteiger partial charge in [0.1, 0.15) is 5.82 Å². The first-order valence-corrected chi connectivity index (χ1v) is 5.66. The lowest BCUT2D eigenvalue weighted by Crippen LogP contribution is -2.38. The number of pyridine rings is 1. The van der Waals surface area contributed by atoms with Crippen molar-refractivity contribution in [1.29, 1.82) is 0 Å². The molecule has 2 nitrogen and oxygen atoms in total. The molecule has 90 valence electrons. The van der Waals surface area contributed by atoms with E-state index in [1.807, 2.05) is 6.92 Å². The summed E-state index contributed by atoms with van der Waals surface area (Å²) in [5, 5.41) is 3.42. The summed E-state index contributed by atoms with van der Waals surface area (Å²) in [6.07, 6.45) is 1.27. The van der Waals surface area contributed by atoms with Crippen LogP contribution in [0, 0.1) is 12.7 Å². The van der Waals surface area contributed by atoms with Gasteiger partial charge in [-0.1, -0.05) is 6.92 Å². The molecule has 0 aliphatic rings. The summed E-state index contributed by atoms with van der Waals surface area (Å²) in [4.78, 5) is 4.04. The predicted octanol–water partition coefficient (Wildman–Crippen LogP) is 3.02. The third-order valence-corrected chi connectivity index (χ3v) is 2.56. The second-order valence-electron chi connectivity index (χ2n) is 5.36. The van der Waals surface area contributed by atoms with E-state index >= 15 is 0 Å². The van der Waals surface area contributed by atoms with Crippen LogP contribution in [0.1, 0.15) is 44.9 Å². The summed E-state index contributed by atoms with van der Waals surface area (Å²) in [6.45, 7) is 11.2. The third kappa shape index (κ3) is 3.89. The van der Waals surface area contributed by atoms with Crippen LogP contribution in [0.2, 0.25) is 0 Å². The highest BCUT2D eigenvalue weighted by Gasteiger charge is 2.14. The molecule has 0 aliphatic carbocycles. The zero-order chi connectivity index (χ0) is 12.3. The van der Waals surface area contributed by atoms with Gasteiger partial charge in [-0.15, -0.1) is 0 Å². The minimum absolute atomic E-state index is 0.0862. The number of halogens is 1. The average molecular weight is 224 g/mol. The van der Waals surface area contributed by atoms with Gasteiger partial charge in [0.05, 0.1) is 6.20 Å². The van der Waals surface area contributed by atoms with Crippen molar-refractivity contribution < 1.29 is 4.39 Å². The summed E-state index contributed by atoms with van der Waals surface area (Å²) in [5.41, 5.74) is 1.98. The minimum Gasteiger partial charge on any atom is -0.311 e. The van der Waals surface area contributed by atoms with Crippen molar-refractivity contribution in [3.63, 3.8) is 0 Å². The number of hydrogen-bond donors (Lipinski definition) is 1. The summed E-state index contributed by atoms with van der Waals surface area (Å²) >= 11 is 0. The molecule has 1 heterocycles. The molecule has 0 radical (unpaired) electrons. The molecule has 0 saturated carbocycles. The molecule has 16 heavy (non-hydrogen) atoms. The molecule has 0 amide bonds. The molecule has 3 heteroatoms. The van der Waals surface area contributed by atoms with Crippen molar-refractivity contribution in [3.8, 4) is 0 Å². The Morgan fingerprint density at radius 1 is 1.44 bits per heavy atom. The maximum atomic E-state index is 13.1. The van der Waals surface area contributed by atoms with Gasteiger partial charge < -0.3 is 5.32 Å². The Morgan fingerprint density at radius 2 is 2.06 bits per heavy atom. The molecule has 0 aliphatic heterocycles. The minimum atomic E-state index is -0.261. The monoisotopic (exact) mass is 224 g/mol. The van der Waals surface area contributed by atoms with Gasteiger partial charge in [0, 0.05) is 17.8 Å². The molecular weight excluding hydrogens is 203 g/mol. The van der Waals surface area contributed by atoms with Crippen LogP contribution in [-0.4, -0.2) is 17.1 Å². The molecule has 1 rings (SSSR count). The van der Waals surface area contributed by atoms with Crippen molar-refractivity contribution in [3.05, 3.63) is 29.3 Å². The average Bonchev–Trinajstić information content (AvgIpc) is 2.17. The van der Waals surface area contributed by atoms with E-state index in [-0.39, 0.29) is 17.3 Å². The Kier molecular flexibility index (Phi) is 4.03. The van der Waals surface area contributed by atoms with Crippen LogP contribution >= 0.6 is 0 Å². The van der Waals surface area contributed by atoms with Crippen molar-refractivity contribution in [2.45, 2.75) is 46.1 Å². The number of hydrogen-bond acceptors (Lipinski definition) is 2. The molecule has 1 unspecified atom stereocenters. The molecule has 1 atom stereocenters. The molecule has 1 aromatic rings. The fourth-order valence-electron chi connectivity index (χ4n) is 1.59. The van der Waals surface area contributed by atoms with Crippen LogP contribution in [0.25, 0.3) is 0 Å². The molecule has 0 fully saturated rings. The van der Waals surface area contributed by atoms with Gasteiger partial charge in [0.25, 0.3) is 0 Å². The van der Waals surface area contributed by atoms with Gasteiger partial charge in [0.15, 0.2) is 0 Å². The number of aryl methyl sites for hydroxylation is 1. The number of aromatic nitrogens is 1. The number of nitrogens with one attached hydrogen (secondary N) is 1. The second kappa shape index (κ2) is 4.91. The van der Waals surface area contributed by atoms with E-state index in [9.17, 15) is 4.39 Å². The maximum absolute atomic E-state index is 13.1. The van der Waals surface area contributed by atoms with Crippen molar-refractivity contribution in [1.82, 2.24) is 10.3 Å². The molecule has 0 aromatic carbocycles. The van der Waals surface area contributed by atoms with Gasteiger partial charge in [-0.25, -0.2) is 4.39 Å². The highest BCUT2D eigenvalue weighted by molar-refractivity contribution is 5.23.